The molecule has 0 fully saturated rings. The van der Waals surface area contributed by atoms with Crippen LogP contribution in [0, 0.1) is 11.6 Å². The zero-order valence-corrected chi connectivity index (χ0v) is 10.3. The van der Waals surface area contributed by atoms with Crippen molar-refractivity contribution in [2.75, 3.05) is 25.6 Å². The normalized spacial score (nSPS) is 10.1. The number of amides is 2. The highest BCUT2D eigenvalue weighted by molar-refractivity contribution is 6.39. The lowest BCUT2D eigenvalue weighted by atomic mass is 10.3. The molecule has 0 unspecified atom stereocenters. The van der Waals surface area contributed by atoms with E-state index in [-0.39, 0.29) is 12.2 Å². The Morgan fingerprint density at radius 2 is 1.95 bits per heavy atom. The predicted octanol–water partition coefficient (Wildman–Crippen LogP) is 1.06. The largest absolute Gasteiger partial charge is 0.385 e. The summed E-state index contributed by atoms with van der Waals surface area (Å²) in [5.41, 5.74) is 0.0101. The summed E-state index contributed by atoms with van der Waals surface area (Å²) >= 11 is 0. The molecule has 1 aromatic rings. The van der Waals surface area contributed by atoms with Crippen LogP contribution >= 0.6 is 0 Å². The Hall–Kier alpha value is -2.02. The van der Waals surface area contributed by atoms with Gasteiger partial charge in [0, 0.05) is 32.0 Å². The highest BCUT2D eigenvalue weighted by atomic mass is 19.2. The van der Waals surface area contributed by atoms with Gasteiger partial charge >= 0.3 is 11.8 Å². The molecule has 0 aliphatic rings. The van der Waals surface area contributed by atoms with E-state index in [1.165, 1.54) is 7.11 Å². The van der Waals surface area contributed by atoms with Crippen molar-refractivity contribution in [3.8, 4) is 0 Å². The van der Waals surface area contributed by atoms with E-state index in [0.717, 1.165) is 18.2 Å². The molecule has 0 saturated heterocycles. The van der Waals surface area contributed by atoms with Gasteiger partial charge in [0.15, 0.2) is 11.6 Å². The molecule has 0 bridgehead atoms. The fourth-order valence-electron chi connectivity index (χ4n) is 1.26. The van der Waals surface area contributed by atoms with Crippen LogP contribution in [0.15, 0.2) is 18.2 Å². The van der Waals surface area contributed by atoms with Crippen molar-refractivity contribution in [3.05, 3.63) is 29.8 Å². The van der Waals surface area contributed by atoms with Gasteiger partial charge in [0.1, 0.15) is 0 Å². The molecule has 0 heterocycles. The number of halogens is 2. The molecule has 0 atom stereocenters. The van der Waals surface area contributed by atoms with Gasteiger partial charge in [-0.25, -0.2) is 8.78 Å². The first-order valence-corrected chi connectivity index (χ1v) is 5.57. The van der Waals surface area contributed by atoms with Crippen LogP contribution in [0.4, 0.5) is 14.5 Å². The molecule has 2 amide bonds. The van der Waals surface area contributed by atoms with Crippen molar-refractivity contribution < 1.29 is 23.1 Å². The molecular formula is C12H14F2N2O3. The SMILES string of the molecule is COCCCNC(=O)C(=O)Nc1ccc(F)c(F)c1. The molecule has 104 valence electrons. The van der Waals surface area contributed by atoms with Gasteiger partial charge in [0.05, 0.1) is 0 Å². The van der Waals surface area contributed by atoms with Gasteiger partial charge in [0.25, 0.3) is 0 Å². The fourth-order valence-corrected chi connectivity index (χ4v) is 1.26. The van der Waals surface area contributed by atoms with Gasteiger partial charge < -0.3 is 15.4 Å². The van der Waals surface area contributed by atoms with Crippen LogP contribution in [-0.2, 0) is 14.3 Å². The lowest BCUT2D eigenvalue weighted by Gasteiger charge is -2.06. The van der Waals surface area contributed by atoms with Crippen LogP contribution in [0.5, 0.6) is 0 Å². The molecule has 0 spiro atoms. The Labute approximate surface area is 108 Å². The number of methoxy groups -OCH3 is 1. The number of hydrogen-bond donors (Lipinski definition) is 2. The standard InChI is InChI=1S/C12H14F2N2O3/c1-19-6-2-5-15-11(17)12(18)16-8-3-4-9(13)10(14)7-8/h3-4,7H,2,5-6H2,1H3,(H,15,17)(H,16,18). The van der Waals surface area contributed by atoms with Crippen molar-refractivity contribution in [1.29, 1.82) is 0 Å². The molecule has 19 heavy (non-hydrogen) atoms. The minimum Gasteiger partial charge on any atom is -0.385 e. The highest BCUT2D eigenvalue weighted by Crippen LogP contribution is 2.12. The first-order chi connectivity index (χ1) is 9.04. The van der Waals surface area contributed by atoms with Crippen LogP contribution in [0.3, 0.4) is 0 Å². The lowest BCUT2D eigenvalue weighted by Crippen LogP contribution is -2.36. The summed E-state index contributed by atoms with van der Waals surface area (Å²) in [7, 11) is 1.53. The maximum atomic E-state index is 12.9. The number of carbonyl (C=O) groups is 2. The van der Waals surface area contributed by atoms with Gasteiger partial charge in [-0.15, -0.1) is 0 Å². The minimum absolute atomic E-state index is 0.0101. The molecule has 0 aromatic heterocycles. The lowest BCUT2D eigenvalue weighted by molar-refractivity contribution is -0.136. The number of ether oxygens (including phenoxy) is 1. The maximum absolute atomic E-state index is 12.9. The van der Waals surface area contributed by atoms with E-state index in [4.69, 9.17) is 4.74 Å². The van der Waals surface area contributed by atoms with Gasteiger partial charge in [-0.05, 0) is 18.6 Å². The highest BCUT2D eigenvalue weighted by Gasteiger charge is 2.13. The zero-order valence-electron chi connectivity index (χ0n) is 10.3. The van der Waals surface area contributed by atoms with Crippen molar-refractivity contribution in [3.63, 3.8) is 0 Å². The Kier molecular flexibility index (Phi) is 5.87. The minimum atomic E-state index is -1.10. The summed E-state index contributed by atoms with van der Waals surface area (Å²) in [5.74, 6) is -3.91. The van der Waals surface area contributed by atoms with E-state index in [9.17, 15) is 18.4 Å². The summed E-state index contributed by atoms with van der Waals surface area (Å²) in [6.45, 7) is 0.753. The van der Waals surface area contributed by atoms with E-state index >= 15 is 0 Å². The molecule has 0 aliphatic heterocycles. The summed E-state index contributed by atoms with van der Waals surface area (Å²) in [6, 6.07) is 2.82. The molecule has 7 heteroatoms. The number of carbonyl (C=O) groups excluding carboxylic acids is 2. The molecule has 1 rings (SSSR count). The Morgan fingerprint density at radius 1 is 1.21 bits per heavy atom. The predicted molar refractivity (Wildman–Crippen MR) is 64.5 cm³/mol. The van der Waals surface area contributed by atoms with Crippen LogP contribution in [0.2, 0.25) is 0 Å². The van der Waals surface area contributed by atoms with Gasteiger partial charge in [-0.1, -0.05) is 0 Å². The zero-order chi connectivity index (χ0) is 14.3. The van der Waals surface area contributed by atoms with Gasteiger partial charge in [-0.3, -0.25) is 9.59 Å². The van der Waals surface area contributed by atoms with E-state index in [0.29, 0.717) is 13.0 Å². The first-order valence-electron chi connectivity index (χ1n) is 5.57. The molecule has 2 N–H and O–H groups in total. The smallest absolute Gasteiger partial charge is 0.313 e. The third-order valence-corrected chi connectivity index (χ3v) is 2.19. The van der Waals surface area contributed by atoms with E-state index in [1.807, 2.05) is 0 Å². The van der Waals surface area contributed by atoms with E-state index in [2.05, 4.69) is 10.6 Å². The number of rotatable bonds is 5. The molecule has 0 radical (unpaired) electrons. The quantitative estimate of drug-likeness (QED) is 0.622. The number of nitrogens with one attached hydrogen (secondary N) is 2. The Morgan fingerprint density at radius 3 is 2.58 bits per heavy atom. The molecule has 5 nitrogen and oxygen atoms in total. The summed E-state index contributed by atoms with van der Waals surface area (Å²) in [5, 5.41) is 4.53. The van der Waals surface area contributed by atoms with E-state index < -0.39 is 23.4 Å². The average molecular weight is 272 g/mol. The topological polar surface area (TPSA) is 67.4 Å². The second-order valence-corrected chi connectivity index (χ2v) is 3.69. The number of hydrogen-bond acceptors (Lipinski definition) is 3. The van der Waals surface area contributed by atoms with Crippen LogP contribution in [0.25, 0.3) is 0 Å². The molecule has 0 aliphatic carbocycles. The first kappa shape index (κ1) is 15.0. The Bertz CT molecular complexity index is 466. The monoisotopic (exact) mass is 272 g/mol. The van der Waals surface area contributed by atoms with Gasteiger partial charge in [0.2, 0.25) is 0 Å². The van der Waals surface area contributed by atoms with E-state index in [1.54, 1.807) is 0 Å². The van der Waals surface area contributed by atoms with Crippen LogP contribution in [0.1, 0.15) is 6.42 Å². The third-order valence-electron chi connectivity index (χ3n) is 2.19. The molecular weight excluding hydrogens is 258 g/mol. The second-order valence-electron chi connectivity index (χ2n) is 3.69. The maximum Gasteiger partial charge on any atom is 0.313 e. The summed E-state index contributed by atoms with van der Waals surface area (Å²) in [4.78, 5) is 22.7. The number of anilines is 1. The van der Waals surface area contributed by atoms with Crippen molar-refractivity contribution >= 4 is 17.5 Å². The summed E-state index contributed by atoms with van der Waals surface area (Å²) < 4.78 is 30.3. The van der Waals surface area contributed by atoms with Gasteiger partial charge in [-0.2, -0.15) is 0 Å². The fraction of sp³-hybridized carbons (Fsp3) is 0.333. The van der Waals surface area contributed by atoms with Crippen molar-refractivity contribution in [2.45, 2.75) is 6.42 Å². The third kappa shape index (κ3) is 5.01. The molecule has 0 saturated carbocycles. The van der Waals surface area contributed by atoms with Crippen molar-refractivity contribution in [1.82, 2.24) is 5.32 Å². The molecule has 1 aromatic carbocycles. The average Bonchev–Trinajstić information content (AvgIpc) is 2.38. The van der Waals surface area contributed by atoms with Crippen LogP contribution < -0.4 is 10.6 Å². The summed E-state index contributed by atoms with van der Waals surface area (Å²) in [6.07, 6.45) is 0.570. The van der Waals surface area contributed by atoms with Crippen molar-refractivity contribution in [2.24, 2.45) is 0 Å². The number of benzene rings is 1. The second kappa shape index (κ2) is 7.42. The van der Waals surface area contributed by atoms with Crippen LogP contribution in [-0.4, -0.2) is 32.1 Å². The Balaban J connectivity index is 2.45.